The number of sulfonamides is 1. The van der Waals surface area contributed by atoms with Gasteiger partial charge in [-0.25, -0.2) is 13.1 Å². The number of nitrogens with one attached hydrogen (secondary N) is 1. The number of nitrogens with zero attached hydrogens (tertiary/aromatic N) is 1. The standard InChI is InChI=1S/C12H20N2O2S/c1-10-5-6-12(11(2)9-10)17(15,16)13-7-8-14(3)4/h5-6,9,13H,7-8H2,1-4H3. The van der Waals surface area contributed by atoms with Crippen LogP contribution in [-0.4, -0.2) is 40.5 Å². The van der Waals surface area contributed by atoms with Gasteiger partial charge in [-0.15, -0.1) is 0 Å². The molecule has 0 aliphatic heterocycles. The molecule has 1 aromatic carbocycles. The second kappa shape index (κ2) is 5.62. The maximum absolute atomic E-state index is 12.0. The molecule has 0 radical (unpaired) electrons. The summed E-state index contributed by atoms with van der Waals surface area (Å²) >= 11 is 0. The van der Waals surface area contributed by atoms with E-state index < -0.39 is 10.0 Å². The zero-order chi connectivity index (χ0) is 13.1. The summed E-state index contributed by atoms with van der Waals surface area (Å²) in [5.41, 5.74) is 1.84. The number of likely N-dealkylation sites (N-methyl/N-ethyl adjacent to an activating group) is 1. The molecule has 1 rings (SSSR count). The molecular formula is C12H20N2O2S. The van der Waals surface area contributed by atoms with Gasteiger partial charge in [0.15, 0.2) is 0 Å². The molecule has 0 aromatic heterocycles. The Morgan fingerprint density at radius 2 is 1.88 bits per heavy atom. The quantitative estimate of drug-likeness (QED) is 0.859. The molecule has 1 N–H and O–H groups in total. The Morgan fingerprint density at radius 3 is 2.41 bits per heavy atom. The Labute approximate surface area is 104 Å². The van der Waals surface area contributed by atoms with E-state index in [0.717, 1.165) is 11.1 Å². The lowest BCUT2D eigenvalue weighted by Gasteiger charge is -2.12. The van der Waals surface area contributed by atoms with Crippen molar-refractivity contribution < 1.29 is 8.42 Å². The summed E-state index contributed by atoms with van der Waals surface area (Å²) in [6.45, 7) is 4.86. The first-order chi connectivity index (χ1) is 7.83. The number of hydrogen-bond donors (Lipinski definition) is 1. The third-order valence-electron chi connectivity index (χ3n) is 2.47. The van der Waals surface area contributed by atoms with Crippen LogP contribution in [0.5, 0.6) is 0 Å². The zero-order valence-corrected chi connectivity index (χ0v) is 11.6. The highest BCUT2D eigenvalue weighted by molar-refractivity contribution is 7.89. The molecule has 0 fully saturated rings. The van der Waals surface area contributed by atoms with E-state index in [1.807, 2.05) is 45.0 Å². The summed E-state index contributed by atoms with van der Waals surface area (Å²) in [6.07, 6.45) is 0. The molecule has 0 aliphatic carbocycles. The molecule has 0 saturated carbocycles. The monoisotopic (exact) mass is 256 g/mol. The molecule has 0 unspecified atom stereocenters. The highest BCUT2D eigenvalue weighted by Gasteiger charge is 2.15. The van der Waals surface area contributed by atoms with E-state index in [1.165, 1.54) is 0 Å². The number of hydrogen-bond acceptors (Lipinski definition) is 3. The zero-order valence-electron chi connectivity index (χ0n) is 10.8. The van der Waals surface area contributed by atoms with Gasteiger partial charge < -0.3 is 4.90 Å². The first-order valence-corrected chi connectivity index (χ1v) is 7.03. The topological polar surface area (TPSA) is 49.4 Å². The fourth-order valence-corrected chi connectivity index (χ4v) is 2.83. The lowest BCUT2D eigenvalue weighted by atomic mass is 10.2. The van der Waals surface area contributed by atoms with Crippen molar-refractivity contribution >= 4 is 10.0 Å². The van der Waals surface area contributed by atoms with Crippen molar-refractivity contribution in [2.45, 2.75) is 18.7 Å². The number of rotatable bonds is 5. The van der Waals surface area contributed by atoms with Crippen molar-refractivity contribution in [2.75, 3.05) is 27.2 Å². The van der Waals surface area contributed by atoms with E-state index in [-0.39, 0.29) is 0 Å². The molecular weight excluding hydrogens is 236 g/mol. The van der Waals surface area contributed by atoms with E-state index in [4.69, 9.17) is 0 Å². The molecule has 0 spiro atoms. The van der Waals surface area contributed by atoms with Gasteiger partial charge in [0.25, 0.3) is 0 Å². The van der Waals surface area contributed by atoms with Gasteiger partial charge in [0, 0.05) is 13.1 Å². The average Bonchev–Trinajstić information content (AvgIpc) is 2.15. The van der Waals surface area contributed by atoms with Crippen LogP contribution in [0.2, 0.25) is 0 Å². The van der Waals surface area contributed by atoms with Crippen molar-refractivity contribution in [1.29, 1.82) is 0 Å². The largest absolute Gasteiger partial charge is 0.308 e. The van der Waals surface area contributed by atoms with Gasteiger partial charge in [-0.1, -0.05) is 17.7 Å². The van der Waals surface area contributed by atoms with Gasteiger partial charge >= 0.3 is 0 Å². The van der Waals surface area contributed by atoms with Gasteiger partial charge in [0.1, 0.15) is 0 Å². The molecule has 4 nitrogen and oxygen atoms in total. The maximum atomic E-state index is 12.0. The molecule has 0 atom stereocenters. The fourth-order valence-electron chi connectivity index (χ4n) is 1.58. The van der Waals surface area contributed by atoms with E-state index in [1.54, 1.807) is 6.07 Å². The minimum atomic E-state index is -3.38. The lowest BCUT2D eigenvalue weighted by Crippen LogP contribution is -2.31. The second-order valence-electron chi connectivity index (χ2n) is 4.47. The summed E-state index contributed by atoms with van der Waals surface area (Å²) in [5, 5.41) is 0. The molecule has 1 aromatic rings. The van der Waals surface area contributed by atoms with E-state index in [9.17, 15) is 8.42 Å². The smallest absolute Gasteiger partial charge is 0.240 e. The number of aryl methyl sites for hydroxylation is 2. The Hall–Kier alpha value is -0.910. The summed E-state index contributed by atoms with van der Waals surface area (Å²) in [6, 6.07) is 5.34. The van der Waals surface area contributed by atoms with Crippen molar-refractivity contribution in [1.82, 2.24) is 9.62 Å². The molecule has 5 heteroatoms. The summed E-state index contributed by atoms with van der Waals surface area (Å²) in [4.78, 5) is 2.30. The van der Waals surface area contributed by atoms with Crippen LogP contribution in [0.4, 0.5) is 0 Å². The fraction of sp³-hybridized carbons (Fsp3) is 0.500. The molecule has 0 amide bonds. The summed E-state index contributed by atoms with van der Waals surface area (Å²) in [7, 11) is 0.436. The predicted octanol–water partition coefficient (Wildman–Crippen LogP) is 1.14. The van der Waals surface area contributed by atoms with Crippen molar-refractivity contribution in [2.24, 2.45) is 0 Å². The Morgan fingerprint density at radius 1 is 1.24 bits per heavy atom. The van der Waals surface area contributed by atoms with Crippen molar-refractivity contribution in [3.63, 3.8) is 0 Å². The first-order valence-electron chi connectivity index (χ1n) is 5.54. The van der Waals surface area contributed by atoms with Crippen LogP contribution in [0.3, 0.4) is 0 Å². The second-order valence-corrected chi connectivity index (χ2v) is 6.21. The highest BCUT2D eigenvalue weighted by atomic mass is 32.2. The van der Waals surface area contributed by atoms with Crippen LogP contribution in [0.25, 0.3) is 0 Å². The Kier molecular flexibility index (Phi) is 4.68. The maximum Gasteiger partial charge on any atom is 0.240 e. The van der Waals surface area contributed by atoms with Crippen LogP contribution in [-0.2, 0) is 10.0 Å². The average molecular weight is 256 g/mol. The third-order valence-corrected chi connectivity index (χ3v) is 4.09. The number of benzene rings is 1. The van der Waals surface area contributed by atoms with Gasteiger partial charge in [-0.3, -0.25) is 0 Å². The van der Waals surface area contributed by atoms with E-state index in [2.05, 4.69) is 4.72 Å². The Balaban J connectivity index is 2.83. The summed E-state index contributed by atoms with van der Waals surface area (Å²) < 4.78 is 26.6. The predicted molar refractivity (Wildman–Crippen MR) is 69.7 cm³/mol. The van der Waals surface area contributed by atoms with E-state index >= 15 is 0 Å². The highest BCUT2D eigenvalue weighted by Crippen LogP contribution is 2.15. The van der Waals surface area contributed by atoms with E-state index in [0.29, 0.717) is 18.0 Å². The van der Waals surface area contributed by atoms with Crippen LogP contribution < -0.4 is 4.72 Å². The van der Waals surface area contributed by atoms with Crippen LogP contribution in [0.1, 0.15) is 11.1 Å². The van der Waals surface area contributed by atoms with Crippen molar-refractivity contribution in [3.05, 3.63) is 29.3 Å². The Bertz CT molecular complexity index is 481. The van der Waals surface area contributed by atoms with Gasteiger partial charge in [-0.05, 0) is 39.6 Å². The van der Waals surface area contributed by atoms with Crippen LogP contribution in [0, 0.1) is 13.8 Å². The van der Waals surface area contributed by atoms with Gasteiger partial charge in [0.05, 0.1) is 4.90 Å². The molecule has 0 heterocycles. The first kappa shape index (κ1) is 14.2. The third kappa shape index (κ3) is 4.11. The molecule has 17 heavy (non-hydrogen) atoms. The van der Waals surface area contributed by atoms with Crippen molar-refractivity contribution in [3.8, 4) is 0 Å². The minimum Gasteiger partial charge on any atom is -0.308 e. The van der Waals surface area contributed by atoms with Crippen LogP contribution in [0.15, 0.2) is 23.1 Å². The lowest BCUT2D eigenvalue weighted by molar-refractivity contribution is 0.412. The van der Waals surface area contributed by atoms with Crippen LogP contribution >= 0.6 is 0 Å². The SMILES string of the molecule is Cc1ccc(S(=O)(=O)NCCN(C)C)c(C)c1. The molecule has 96 valence electrons. The van der Waals surface area contributed by atoms with Gasteiger partial charge in [0.2, 0.25) is 10.0 Å². The van der Waals surface area contributed by atoms with Gasteiger partial charge in [-0.2, -0.15) is 0 Å². The summed E-state index contributed by atoms with van der Waals surface area (Å²) in [5.74, 6) is 0. The molecule has 0 aliphatic rings. The minimum absolute atomic E-state index is 0.363. The molecule has 0 saturated heterocycles. The normalized spacial score (nSPS) is 12.1. The molecule has 0 bridgehead atoms.